The Morgan fingerprint density at radius 1 is 1.05 bits per heavy atom. The van der Waals surface area contributed by atoms with Crippen LogP contribution >= 0.6 is 0 Å². The number of amides is 1. The number of pyridine rings is 1. The Hall–Kier alpha value is -4.53. The fourth-order valence-corrected chi connectivity index (χ4v) is 4.81. The number of nitrogens with one attached hydrogen (secondary N) is 3. The highest BCUT2D eigenvalue weighted by atomic mass is 32.2. The lowest BCUT2D eigenvalue weighted by Gasteiger charge is -2.15. The van der Waals surface area contributed by atoms with Crippen molar-refractivity contribution in [1.82, 2.24) is 15.0 Å². The maximum Gasteiger partial charge on any atom is 0.491 e. The van der Waals surface area contributed by atoms with Gasteiger partial charge in [-0.1, -0.05) is 36.4 Å². The largest absolute Gasteiger partial charge is 0.491 e. The van der Waals surface area contributed by atoms with Gasteiger partial charge in [-0.25, -0.2) is 14.8 Å². The highest BCUT2D eigenvalue weighted by Crippen LogP contribution is 2.27. The lowest BCUT2D eigenvalue weighted by molar-refractivity contribution is 0.155. The summed E-state index contributed by atoms with van der Waals surface area (Å²) in [5, 5.41) is 15.0. The van der Waals surface area contributed by atoms with Crippen LogP contribution in [-0.2, 0) is 32.6 Å². The van der Waals surface area contributed by atoms with Gasteiger partial charge in [0.05, 0.1) is 30.4 Å². The van der Waals surface area contributed by atoms with E-state index < -0.39 is 23.2 Å². The summed E-state index contributed by atoms with van der Waals surface area (Å²) in [7, 11) is -5.36. The van der Waals surface area contributed by atoms with Crippen LogP contribution in [0.4, 0.5) is 27.7 Å². The Bertz CT molecular complexity index is 1560. The summed E-state index contributed by atoms with van der Waals surface area (Å²) < 4.78 is 39.5. The Morgan fingerprint density at radius 2 is 1.89 bits per heavy atom. The van der Waals surface area contributed by atoms with Crippen LogP contribution in [0.2, 0.25) is 0 Å². The minimum absolute atomic E-state index is 0.0309. The van der Waals surface area contributed by atoms with E-state index in [0.29, 0.717) is 5.46 Å². The molecule has 2 aromatic carbocycles. The molecule has 1 aliphatic rings. The zero-order valence-corrected chi connectivity index (χ0v) is 20.6. The molecule has 4 aromatic rings. The number of anilines is 4. The molecule has 1 aliphatic heterocycles. The molecule has 0 atom stereocenters. The molecule has 0 spiro atoms. The number of fused-ring (bicyclic) bond motifs is 1. The Kier molecular flexibility index (Phi) is 7.17. The number of hydrogen-bond acceptors (Lipinski definition) is 10. The highest BCUT2D eigenvalue weighted by Gasteiger charge is 2.29. The van der Waals surface area contributed by atoms with E-state index in [0.717, 1.165) is 11.1 Å². The Balaban J connectivity index is 1.39. The molecule has 192 valence electrons. The number of carbonyl (C=O) groups is 1. The number of ether oxygens (including phenoxy) is 1. The van der Waals surface area contributed by atoms with E-state index in [1.807, 2.05) is 30.3 Å². The molecular formula is C24H21BN6O6S. The van der Waals surface area contributed by atoms with Gasteiger partial charge in [-0.3, -0.25) is 15.0 Å². The van der Waals surface area contributed by atoms with Gasteiger partial charge in [0.15, 0.2) is 5.03 Å². The molecule has 4 N–H and O–H groups in total. The third-order valence-corrected chi connectivity index (χ3v) is 6.79. The van der Waals surface area contributed by atoms with Crippen molar-refractivity contribution in [2.45, 2.75) is 18.2 Å². The van der Waals surface area contributed by atoms with Crippen LogP contribution in [-0.4, -0.2) is 41.6 Å². The van der Waals surface area contributed by atoms with E-state index in [4.69, 9.17) is 9.39 Å². The lowest BCUT2D eigenvalue weighted by Crippen LogP contribution is -2.28. The summed E-state index contributed by atoms with van der Waals surface area (Å²) >= 11 is 0. The minimum Gasteiger partial charge on any atom is -0.444 e. The van der Waals surface area contributed by atoms with Crippen molar-refractivity contribution in [3.8, 4) is 0 Å². The predicted octanol–water partition coefficient (Wildman–Crippen LogP) is 2.38. The van der Waals surface area contributed by atoms with Crippen LogP contribution in [0.5, 0.6) is 0 Å². The molecule has 0 unspecified atom stereocenters. The number of sulfonamides is 1. The minimum atomic E-state index is -4.23. The summed E-state index contributed by atoms with van der Waals surface area (Å²) in [6.45, 7) is 0.293. The van der Waals surface area contributed by atoms with Crippen molar-refractivity contribution in [2.24, 2.45) is 0 Å². The molecule has 0 bridgehead atoms. The van der Waals surface area contributed by atoms with Gasteiger partial charge in [0.25, 0.3) is 10.0 Å². The van der Waals surface area contributed by atoms with Gasteiger partial charge in [-0.15, -0.1) is 0 Å². The van der Waals surface area contributed by atoms with Crippen molar-refractivity contribution >= 4 is 51.6 Å². The molecule has 14 heteroatoms. The number of nitrogens with zero attached hydrogens (tertiary/aromatic N) is 3. The Morgan fingerprint density at radius 3 is 2.68 bits per heavy atom. The molecule has 3 heterocycles. The van der Waals surface area contributed by atoms with E-state index in [9.17, 15) is 18.2 Å². The van der Waals surface area contributed by atoms with Gasteiger partial charge in [0.2, 0.25) is 0 Å². The van der Waals surface area contributed by atoms with E-state index in [1.165, 1.54) is 36.9 Å². The first-order valence-corrected chi connectivity index (χ1v) is 12.8. The molecule has 0 aliphatic carbocycles. The molecule has 0 saturated carbocycles. The molecule has 12 nitrogen and oxygen atoms in total. The number of hydrogen-bond donors (Lipinski definition) is 4. The van der Waals surface area contributed by atoms with Crippen molar-refractivity contribution in [2.75, 3.05) is 15.4 Å². The molecule has 1 amide bonds. The molecular weight excluding hydrogens is 511 g/mol. The first-order valence-electron chi connectivity index (χ1n) is 11.3. The third-order valence-electron chi connectivity index (χ3n) is 5.45. The van der Waals surface area contributed by atoms with Crippen LogP contribution in [0, 0.1) is 0 Å². The number of carbonyl (C=O) groups excluding carboxylic acids is 1. The summed E-state index contributed by atoms with van der Waals surface area (Å²) in [5.74, 6) is 0.257. The Labute approximate surface area is 218 Å². The van der Waals surface area contributed by atoms with Crippen molar-refractivity contribution in [1.29, 1.82) is 0 Å². The van der Waals surface area contributed by atoms with Crippen molar-refractivity contribution < 1.29 is 27.6 Å². The first kappa shape index (κ1) is 25.1. The quantitative estimate of drug-likeness (QED) is 0.248. The van der Waals surface area contributed by atoms with Crippen LogP contribution in [0.3, 0.4) is 0 Å². The van der Waals surface area contributed by atoms with Gasteiger partial charge >= 0.3 is 13.2 Å². The number of rotatable bonds is 8. The smallest absolute Gasteiger partial charge is 0.444 e. The van der Waals surface area contributed by atoms with Gasteiger partial charge in [0.1, 0.15) is 12.4 Å². The lowest BCUT2D eigenvalue weighted by atomic mass is 9.79. The summed E-state index contributed by atoms with van der Waals surface area (Å²) in [4.78, 5) is 24.5. The zero-order valence-electron chi connectivity index (χ0n) is 19.7. The van der Waals surface area contributed by atoms with E-state index in [2.05, 4.69) is 30.3 Å². The maximum atomic E-state index is 13.3. The topological polar surface area (TPSA) is 165 Å². The van der Waals surface area contributed by atoms with E-state index >= 15 is 0 Å². The fraction of sp³-hybridized carbons (Fsp3) is 0.0833. The maximum absolute atomic E-state index is 13.3. The second kappa shape index (κ2) is 10.8. The molecule has 2 aromatic heterocycles. The zero-order chi connectivity index (χ0) is 26.5. The molecule has 0 saturated heterocycles. The van der Waals surface area contributed by atoms with Crippen LogP contribution in [0.25, 0.3) is 0 Å². The summed E-state index contributed by atoms with van der Waals surface area (Å²) in [5.41, 5.74) is 2.48. The van der Waals surface area contributed by atoms with Crippen LogP contribution in [0.15, 0.2) is 84.4 Å². The van der Waals surface area contributed by atoms with Gasteiger partial charge < -0.3 is 19.7 Å². The second-order valence-corrected chi connectivity index (χ2v) is 9.76. The summed E-state index contributed by atoms with van der Waals surface area (Å²) in [6, 6.07) is 15.3. The average molecular weight is 532 g/mol. The summed E-state index contributed by atoms with van der Waals surface area (Å²) in [6.07, 6.45) is 4.76. The van der Waals surface area contributed by atoms with Crippen LogP contribution in [0.1, 0.15) is 11.1 Å². The normalized spacial score (nSPS) is 12.5. The third kappa shape index (κ3) is 5.89. The van der Waals surface area contributed by atoms with Crippen molar-refractivity contribution in [3.63, 3.8) is 0 Å². The fourth-order valence-electron chi connectivity index (χ4n) is 3.68. The monoisotopic (exact) mass is 532 g/mol. The molecule has 0 radical (unpaired) electrons. The van der Waals surface area contributed by atoms with Gasteiger partial charge in [-0.05, 0) is 34.8 Å². The average Bonchev–Trinajstić information content (AvgIpc) is 3.28. The molecule has 38 heavy (non-hydrogen) atoms. The van der Waals surface area contributed by atoms with Crippen LogP contribution < -0.4 is 20.8 Å². The second-order valence-electron chi connectivity index (χ2n) is 8.16. The first-order chi connectivity index (χ1) is 18.4. The van der Waals surface area contributed by atoms with E-state index in [1.54, 1.807) is 12.1 Å². The van der Waals surface area contributed by atoms with Gasteiger partial charge in [0, 0.05) is 18.1 Å². The number of benzene rings is 2. The van der Waals surface area contributed by atoms with E-state index in [-0.39, 0.29) is 41.1 Å². The van der Waals surface area contributed by atoms with Gasteiger partial charge in [-0.2, -0.15) is 8.42 Å². The standard InChI is InChI=1S/C24H21BN6O6S/c32-24(36-14-16-4-2-1-3-5-16)29-19-11-21(30-22-13-26-8-9-27-22)23(28-12-19)38(34,35)31-18-7-6-17-15-37-25(33)20(17)10-18/h1-13,31,33H,14-15H2,(H,27,30)(H,29,32). The number of aromatic nitrogens is 3. The highest BCUT2D eigenvalue weighted by molar-refractivity contribution is 7.92. The molecule has 0 fully saturated rings. The SMILES string of the molecule is O=C(Nc1cnc(S(=O)(=O)Nc2ccc3c(c2)B(O)OC3)c(Nc2cnccn2)c1)OCc1ccccc1. The molecule has 5 rings (SSSR count). The predicted molar refractivity (Wildman–Crippen MR) is 139 cm³/mol. The van der Waals surface area contributed by atoms with Crippen molar-refractivity contribution in [3.05, 3.63) is 90.5 Å².